The van der Waals surface area contributed by atoms with E-state index in [0.717, 1.165) is 0 Å². The van der Waals surface area contributed by atoms with Crippen LogP contribution in [0.25, 0.3) is 0 Å². The Bertz CT molecular complexity index is 490. The SMILES string of the molecule is CSCCC(NC(=O)C(C)NC(=O)c1cccs1)C(=O)O. The zero-order valence-electron chi connectivity index (χ0n) is 11.8. The zero-order valence-corrected chi connectivity index (χ0v) is 13.4. The lowest BCUT2D eigenvalue weighted by molar-refractivity contribution is -0.142. The number of rotatable bonds is 8. The maximum absolute atomic E-state index is 11.9. The van der Waals surface area contributed by atoms with Crippen molar-refractivity contribution in [1.82, 2.24) is 10.6 Å². The van der Waals surface area contributed by atoms with E-state index < -0.39 is 24.0 Å². The number of aliphatic carboxylic acids is 1. The number of carbonyl (C=O) groups excluding carboxylic acids is 2. The summed E-state index contributed by atoms with van der Waals surface area (Å²) in [6.45, 7) is 1.52. The molecule has 6 nitrogen and oxygen atoms in total. The monoisotopic (exact) mass is 330 g/mol. The molecule has 0 aromatic carbocycles. The molecule has 0 spiro atoms. The van der Waals surface area contributed by atoms with Gasteiger partial charge in [-0.1, -0.05) is 6.07 Å². The van der Waals surface area contributed by atoms with Crippen LogP contribution in [-0.4, -0.2) is 47.0 Å². The van der Waals surface area contributed by atoms with E-state index in [0.29, 0.717) is 17.1 Å². The lowest BCUT2D eigenvalue weighted by Gasteiger charge is -2.18. The maximum atomic E-state index is 11.9. The summed E-state index contributed by atoms with van der Waals surface area (Å²) >= 11 is 2.78. The number of carbonyl (C=O) groups is 3. The van der Waals surface area contributed by atoms with Gasteiger partial charge in [0.1, 0.15) is 12.1 Å². The minimum atomic E-state index is -1.07. The molecular formula is C13H18N2O4S2. The topological polar surface area (TPSA) is 95.5 Å². The molecule has 1 heterocycles. The molecule has 3 N–H and O–H groups in total. The van der Waals surface area contributed by atoms with Crippen molar-refractivity contribution in [2.75, 3.05) is 12.0 Å². The second-order valence-electron chi connectivity index (χ2n) is 4.35. The van der Waals surface area contributed by atoms with Crippen LogP contribution < -0.4 is 10.6 Å². The number of thioether (sulfide) groups is 1. The summed E-state index contributed by atoms with van der Waals surface area (Å²) in [4.78, 5) is 35.3. The van der Waals surface area contributed by atoms with Gasteiger partial charge in [-0.05, 0) is 36.8 Å². The van der Waals surface area contributed by atoms with Gasteiger partial charge in [0.05, 0.1) is 4.88 Å². The van der Waals surface area contributed by atoms with Gasteiger partial charge in [-0.15, -0.1) is 11.3 Å². The highest BCUT2D eigenvalue weighted by atomic mass is 32.2. The summed E-state index contributed by atoms with van der Waals surface area (Å²) in [5.74, 6) is -1.29. The van der Waals surface area contributed by atoms with Crippen LogP contribution >= 0.6 is 23.1 Å². The standard InChI is InChI=1S/C13H18N2O4S2/c1-8(14-12(17)10-4-3-6-21-10)11(16)15-9(13(18)19)5-7-20-2/h3-4,6,8-9H,5,7H2,1-2H3,(H,14,17)(H,15,16)(H,18,19). The van der Waals surface area contributed by atoms with E-state index in [2.05, 4.69) is 10.6 Å². The van der Waals surface area contributed by atoms with Crippen molar-refractivity contribution >= 4 is 40.9 Å². The summed E-state index contributed by atoms with van der Waals surface area (Å²) in [5, 5.41) is 15.8. The summed E-state index contributed by atoms with van der Waals surface area (Å²) in [5.41, 5.74) is 0. The molecule has 2 amide bonds. The molecule has 116 valence electrons. The van der Waals surface area contributed by atoms with Crippen molar-refractivity contribution in [3.05, 3.63) is 22.4 Å². The first-order valence-electron chi connectivity index (χ1n) is 6.32. The van der Waals surface area contributed by atoms with E-state index in [1.807, 2.05) is 6.26 Å². The third kappa shape index (κ3) is 5.76. The normalized spacial score (nSPS) is 13.2. The van der Waals surface area contributed by atoms with Crippen molar-refractivity contribution in [1.29, 1.82) is 0 Å². The molecule has 0 radical (unpaired) electrons. The van der Waals surface area contributed by atoms with Crippen LogP contribution in [0.5, 0.6) is 0 Å². The molecule has 1 aromatic rings. The molecule has 2 atom stereocenters. The van der Waals surface area contributed by atoms with Crippen LogP contribution in [0.2, 0.25) is 0 Å². The van der Waals surface area contributed by atoms with E-state index in [1.165, 1.54) is 30.0 Å². The van der Waals surface area contributed by atoms with Crippen molar-refractivity contribution in [3.8, 4) is 0 Å². The smallest absolute Gasteiger partial charge is 0.326 e. The lowest BCUT2D eigenvalue weighted by Crippen LogP contribution is -2.50. The predicted octanol–water partition coefficient (Wildman–Crippen LogP) is 1.19. The van der Waals surface area contributed by atoms with Crippen LogP contribution in [0.1, 0.15) is 23.0 Å². The average molecular weight is 330 g/mol. The quantitative estimate of drug-likeness (QED) is 0.665. The molecule has 0 saturated carbocycles. The third-order valence-electron chi connectivity index (χ3n) is 2.71. The van der Waals surface area contributed by atoms with Crippen molar-refractivity contribution in [2.24, 2.45) is 0 Å². The predicted molar refractivity (Wildman–Crippen MR) is 83.8 cm³/mol. The fourth-order valence-electron chi connectivity index (χ4n) is 1.53. The highest BCUT2D eigenvalue weighted by Crippen LogP contribution is 2.08. The van der Waals surface area contributed by atoms with E-state index in [1.54, 1.807) is 17.5 Å². The molecule has 0 bridgehead atoms. The van der Waals surface area contributed by atoms with E-state index in [4.69, 9.17) is 5.11 Å². The fraction of sp³-hybridized carbons (Fsp3) is 0.462. The molecule has 0 aliphatic heterocycles. The molecular weight excluding hydrogens is 312 g/mol. The van der Waals surface area contributed by atoms with Gasteiger partial charge in [-0.25, -0.2) is 4.79 Å². The van der Waals surface area contributed by atoms with Gasteiger partial charge in [0.15, 0.2) is 0 Å². The van der Waals surface area contributed by atoms with Crippen molar-refractivity contribution in [2.45, 2.75) is 25.4 Å². The second kappa shape index (κ2) is 8.68. The first kappa shape index (κ1) is 17.5. The van der Waals surface area contributed by atoms with E-state index >= 15 is 0 Å². The Labute approximate surface area is 131 Å². The Morgan fingerprint density at radius 1 is 1.38 bits per heavy atom. The number of nitrogens with one attached hydrogen (secondary N) is 2. The Morgan fingerprint density at radius 2 is 2.10 bits per heavy atom. The number of hydrogen-bond acceptors (Lipinski definition) is 5. The van der Waals surface area contributed by atoms with Crippen molar-refractivity contribution in [3.63, 3.8) is 0 Å². The van der Waals surface area contributed by atoms with Gasteiger partial charge in [0.25, 0.3) is 5.91 Å². The summed E-state index contributed by atoms with van der Waals surface area (Å²) in [7, 11) is 0. The maximum Gasteiger partial charge on any atom is 0.326 e. The molecule has 0 aliphatic carbocycles. The summed E-state index contributed by atoms with van der Waals surface area (Å²) in [6.07, 6.45) is 2.21. The zero-order chi connectivity index (χ0) is 15.8. The Kier molecular flexibility index (Phi) is 7.24. The first-order chi connectivity index (χ1) is 9.95. The van der Waals surface area contributed by atoms with Crippen LogP contribution in [0, 0.1) is 0 Å². The molecule has 8 heteroatoms. The minimum Gasteiger partial charge on any atom is -0.480 e. The molecule has 21 heavy (non-hydrogen) atoms. The highest BCUT2D eigenvalue weighted by Gasteiger charge is 2.23. The van der Waals surface area contributed by atoms with Gasteiger partial charge in [0.2, 0.25) is 5.91 Å². The number of carboxylic acids is 1. The molecule has 0 fully saturated rings. The molecule has 0 saturated heterocycles. The van der Waals surface area contributed by atoms with Gasteiger partial charge < -0.3 is 15.7 Å². The first-order valence-corrected chi connectivity index (χ1v) is 8.59. The summed E-state index contributed by atoms with van der Waals surface area (Å²) < 4.78 is 0. The van der Waals surface area contributed by atoms with Gasteiger partial charge >= 0.3 is 5.97 Å². The minimum absolute atomic E-state index is 0.341. The van der Waals surface area contributed by atoms with Gasteiger partial charge in [-0.2, -0.15) is 11.8 Å². The van der Waals surface area contributed by atoms with Crippen LogP contribution in [-0.2, 0) is 9.59 Å². The highest BCUT2D eigenvalue weighted by molar-refractivity contribution is 7.98. The van der Waals surface area contributed by atoms with Crippen LogP contribution in [0.4, 0.5) is 0 Å². The lowest BCUT2D eigenvalue weighted by atomic mass is 10.2. The van der Waals surface area contributed by atoms with E-state index in [9.17, 15) is 14.4 Å². The molecule has 2 unspecified atom stereocenters. The third-order valence-corrected chi connectivity index (χ3v) is 4.22. The Morgan fingerprint density at radius 3 is 2.62 bits per heavy atom. The fourth-order valence-corrected chi connectivity index (χ4v) is 2.63. The Balaban J connectivity index is 2.52. The van der Waals surface area contributed by atoms with E-state index in [-0.39, 0.29) is 5.91 Å². The van der Waals surface area contributed by atoms with Gasteiger partial charge in [-0.3, -0.25) is 9.59 Å². The number of amides is 2. The number of hydrogen-bond donors (Lipinski definition) is 3. The summed E-state index contributed by atoms with van der Waals surface area (Å²) in [6, 6.07) is 1.66. The Hall–Kier alpha value is -1.54. The largest absolute Gasteiger partial charge is 0.480 e. The number of thiophene rings is 1. The molecule has 1 rings (SSSR count). The molecule has 0 aliphatic rings. The van der Waals surface area contributed by atoms with Gasteiger partial charge in [0, 0.05) is 0 Å². The molecule has 1 aromatic heterocycles. The second-order valence-corrected chi connectivity index (χ2v) is 6.29. The van der Waals surface area contributed by atoms with Crippen LogP contribution in [0.15, 0.2) is 17.5 Å². The van der Waals surface area contributed by atoms with Crippen molar-refractivity contribution < 1.29 is 19.5 Å². The number of carboxylic acid groups (broad SMARTS) is 1. The van der Waals surface area contributed by atoms with Crippen LogP contribution in [0.3, 0.4) is 0 Å². The average Bonchev–Trinajstić information content (AvgIpc) is 2.96.